The predicted molar refractivity (Wildman–Crippen MR) is 133 cm³/mol. The van der Waals surface area contributed by atoms with Gasteiger partial charge in [-0.3, -0.25) is 24.1 Å². The Labute approximate surface area is 213 Å². The summed E-state index contributed by atoms with van der Waals surface area (Å²) in [5, 5.41) is 2.62. The number of anilines is 1. The fourth-order valence-electron chi connectivity index (χ4n) is 6.11. The van der Waals surface area contributed by atoms with Gasteiger partial charge in [0, 0.05) is 23.6 Å². The molecule has 3 aromatic carbocycles. The molecule has 8 nitrogen and oxygen atoms in total. The maximum Gasteiger partial charge on any atom is 0.326 e. The number of esters is 1. The van der Waals surface area contributed by atoms with Gasteiger partial charge in [-0.1, -0.05) is 54.6 Å². The predicted octanol–water partition coefficient (Wildman–Crippen LogP) is 3.07. The lowest BCUT2D eigenvalue weighted by Gasteiger charge is -2.45. The number of nitrogens with one attached hydrogen (secondary N) is 1. The number of benzene rings is 3. The summed E-state index contributed by atoms with van der Waals surface area (Å²) in [5.41, 5.74) is 4.74. The number of ether oxygens (including phenoxy) is 2. The van der Waals surface area contributed by atoms with Gasteiger partial charge in [0.2, 0.25) is 11.8 Å². The molecule has 3 amide bonds. The number of nitrogens with zero attached hydrogens (tertiary/aromatic N) is 1. The van der Waals surface area contributed by atoms with E-state index in [1.54, 1.807) is 24.3 Å². The molecule has 186 valence electrons. The normalized spacial score (nSPS) is 22.7. The van der Waals surface area contributed by atoms with Crippen LogP contribution in [0.25, 0.3) is 0 Å². The van der Waals surface area contributed by atoms with E-state index in [2.05, 4.69) is 5.32 Å². The number of methoxy groups -OCH3 is 1. The topological polar surface area (TPSA) is 102 Å². The van der Waals surface area contributed by atoms with Crippen molar-refractivity contribution >= 4 is 29.4 Å². The summed E-state index contributed by atoms with van der Waals surface area (Å²) in [7, 11) is 1.52. The van der Waals surface area contributed by atoms with Crippen molar-refractivity contribution in [3.05, 3.63) is 95.1 Å². The number of hydrogen-bond acceptors (Lipinski definition) is 6. The molecule has 0 aromatic heterocycles. The summed E-state index contributed by atoms with van der Waals surface area (Å²) in [5.74, 6) is -3.14. The molecule has 0 radical (unpaired) electrons. The fraction of sp³-hybridized carbons (Fsp3) is 0.241. The van der Waals surface area contributed by atoms with Crippen LogP contribution >= 0.6 is 0 Å². The first-order chi connectivity index (χ1) is 18.0. The molecule has 37 heavy (non-hydrogen) atoms. The molecule has 0 spiro atoms. The average molecular weight is 497 g/mol. The van der Waals surface area contributed by atoms with E-state index in [0.717, 1.165) is 27.2 Å². The zero-order valence-corrected chi connectivity index (χ0v) is 20.0. The van der Waals surface area contributed by atoms with Crippen molar-refractivity contribution in [2.45, 2.75) is 11.8 Å². The summed E-state index contributed by atoms with van der Waals surface area (Å²) in [6.07, 6.45) is 0. The Bertz CT molecular complexity index is 1330. The Morgan fingerprint density at radius 1 is 0.811 bits per heavy atom. The largest absolute Gasteiger partial charge is 0.497 e. The van der Waals surface area contributed by atoms with Crippen molar-refractivity contribution in [3.63, 3.8) is 0 Å². The smallest absolute Gasteiger partial charge is 0.326 e. The molecular weight excluding hydrogens is 472 g/mol. The van der Waals surface area contributed by atoms with Gasteiger partial charge in [0.15, 0.2) is 6.61 Å². The molecule has 2 bridgehead atoms. The van der Waals surface area contributed by atoms with E-state index >= 15 is 0 Å². The van der Waals surface area contributed by atoms with Crippen molar-refractivity contribution in [2.24, 2.45) is 11.8 Å². The molecule has 1 fully saturated rings. The van der Waals surface area contributed by atoms with E-state index in [-0.39, 0.29) is 23.7 Å². The summed E-state index contributed by atoms with van der Waals surface area (Å²) >= 11 is 0. The van der Waals surface area contributed by atoms with Crippen LogP contribution in [0.3, 0.4) is 0 Å². The lowest BCUT2D eigenvalue weighted by molar-refractivity contribution is -0.154. The van der Waals surface area contributed by atoms with Crippen LogP contribution in [-0.2, 0) is 23.9 Å². The Hall–Kier alpha value is -4.46. The van der Waals surface area contributed by atoms with Crippen LogP contribution < -0.4 is 10.1 Å². The second-order valence-corrected chi connectivity index (χ2v) is 9.47. The SMILES string of the molecule is COc1cccc(NC(=O)COC(=O)CN2C(=O)[C@@H]3C4c5ccccc5C(c5ccccc54)[C@H]3C2=O)c1. The van der Waals surface area contributed by atoms with Crippen molar-refractivity contribution in [2.75, 3.05) is 25.6 Å². The minimum Gasteiger partial charge on any atom is -0.497 e. The molecule has 0 unspecified atom stereocenters. The molecule has 1 heterocycles. The van der Waals surface area contributed by atoms with Crippen molar-refractivity contribution in [3.8, 4) is 5.75 Å². The standard InChI is InChI=1S/C29H24N2O6/c1-36-17-8-6-7-16(13-17)30-22(32)15-37-23(33)14-31-28(34)26-24-18-9-2-3-10-19(18)25(27(26)29(31)35)21-12-5-4-11-20(21)24/h2-13,24-27H,14-15H2,1H3,(H,30,32)/t24?,25?,26-,27-/m1/s1. The van der Waals surface area contributed by atoms with E-state index < -0.39 is 36.9 Å². The third-order valence-electron chi connectivity index (χ3n) is 7.54. The van der Waals surface area contributed by atoms with Crippen LogP contribution in [0.15, 0.2) is 72.8 Å². The Morgan fingerprint density at radius 2 is 1.35 bits per heavy atom. The van der Waals surface area contributed by atoms with Crippen LogP contribution in [0.4, 0.5) is 5.69 Å². The molecule has 8 heteroatoms. The van der Waals surface area contributed by atoms with Gasteiger partial charge in [-0.2, -0.15) is 0 Å². The molecule has 2 atom stereocenters. The average Bonchev–Trinajstić information content (AvgIpc) is 3.17. The highest BCUT2D eigenvalue weighted by Gasteiger charge is 2.61. The quantitative estimate of drug-likeness (QED) is 0.416. The molecule has 3 aliphatic carbocycles. The third kappa shape index (κ3) is 3.67. The van der Waals surface area contributed by atoms with Gasteiger partial charge in [0.1, 0.15) is 12.3 Å². The first kappa shape index (κ1) is 23.0. The van der Waals surface area contributed by atoms with Crippen LogP contribution in [0.5, 0.6) is 5.75 Å². The Balaban J connectivity index is 1.17. The van der Waals surface area contributed by atoms with Crippen molar-refractivity contribution in [1.29, 1.82) is 0 Å². The first-order valence-corrected chi connectivity index (χ1v) is 12.1. The zero-order chi connectivity index (χ0) is 25.7. The maximum absolute atomic E-state index is 13.5. The monoisotopic (exact) mass is 496 g/mol. The minimum atomic E-state index is -0.816. The van der Waals surface area contributed by atoms with Crippen molar-refractivity contribution in [1.82, 2.24) is 4.90 Å². The van der Waals surface area contributed by atoms with Crippen LogP contribution in [0.2, 0.25) is 0 Å². The van der Waals surface area contributed by atoms with Gasteiger partial charge >= 0.3 is 5.97 Å². The van der Waals surface area contributed by atoms with E-state index in [0.29, 0.717) is 11.4 Å². The first-order valence-electron chi connectivity index (χ1n) is 12.1. The van der Waals surface area contributed by atoms with Gasteiger partial charge < -0.3 is 14.8 Å². The Kier molecular flexibility index (Phi) is 5.52. The second-order valence-electron chi connectivity index (χ2n) is 9.47. The van der Waals surface area contributed by atoms with E-state index in [4.69, 9.17) is 9.47 Å². The molecule has 1 aliphatic heterocycles. The van der Waals surface area contributed by atoms with Gasteiger partial charge in [-0.15, -0.1) is 0 Å². The highest BCUT2D eigenvalue weighted by atomic mass is 16.5. The van der Waals surface area contributed by atoms with E-state index in [1.807, 2.05) is 48.5 Å². The minimum absolute atomic E-state index is 0.242. The van der Waals surface area contributed by atoms with Crippen LogP contribution in [0, 0.1) is 11.8 Å². The Morgan fingerprint density at radius 3 is 1.86 bits per heavy atom. The number of hydrogen-bond donors (Lipinski definition) is 1. The second kappa shape index (κ2) is 8.89. The maximum atomic E-state index is 13.5. The number of imide groups is 1. The van der Waals surface area contributed by atoms with Crippen molar-refractivity contribution < 1.29 is 28.7 Å². The number of carbonyl (C=O) groups excluding carboxylic acids is 4. The van der Waals surface area contributed by atoms with Gasteiger partial charge in [0.05, 0.1) is 18.9 Å². The summed E-state index contributed by atoms with van der Waals surface area (Å²) in [6.45, 7) is -1.06. The highest BCUT2D eigenvalue weighted by Crippen LogP contribution is 2.60. The fourth-order valence-corrected chi connectivity index (χ4v) is 6.11. The molecule has 1 N–H and O–H groups in total. The van der Waals surface area contributed by atoms with E-state index in [9.17, 15) is 19.2 Å². The molecule has 4 aliphatic rings. The van der Waals surface area contributed by atoms with Gasteiger partial charge in [0.25, 0.3) is 5.91 Å². The molecule has 0 saturated carbocycles. The summed E-state index contributed by atoms with van der Waals surface area (Å²) in [6, 6.07) is 22.6. The number of carbonyl (C=O) groups is 4. The molecule has 3 aromatic rings. The lowest BCUT2D eigenvalue weighted by Crippen LogP contribution is -2.41. The third-order valence-corrected chi connectivity index (χ3v) is 7.54. The molecule has 1 saturated heterocycles. The molecular formula is C29H24N2O6. The van der Waals surface area contributed by atoms with Gasteiger partial charge in [-0.25, -0.2) is 0 Å². The number of likely N-dealkylation sites (tertiary alicyclic amines) is 1. The number of rotatable bonds is 6. The van der Waals surface area contributed by atoms with Gasteiger partial charge in [-0.05, 0) is 34.4 Å². The number of amides is 3. The van der Waals surface area contributed by atoms with Crippen LogP contribution in [0.1, 0.15) is 34.1 Å². The lowest BCUT2D eigenvalue weighted by atomic mass is 9.55. The zero-order valence-electron chi connectivity index (χ0n) is 20.0. The molecule has 7 rings (SSSR count). The summed E-state index contributed by atoms with van der Waals surface area (Å²) < 4.78 is 10.2. The van der Waals surface area contributed by atoms with Crippen LogP contribution in [-0.4, -0.2) is 48.9 Å². The highest BCUT2D eigenvalue weighted by molar-refractivity contribution is 6.09. The van der Waals surface area contributed by atoms with E-state index in [1.165, 1.54) is 7.11 Å². The summed E-state index contributed by atoms with van der Waals surface area (Å²) in [4.78, 5) is 52.9.